The lowest BCUT2D eigenvalue weighted by atomic mass is 9.53. The Bertz CT molecular complexity index is 1070. The second-order valence-corrected chi connectivity index (χ2v) is 11.6. The number of carbonyl (C=O) groups excluding carboxylic acids is 2. The van der Waals surface area contributed by atoms with Crippen LogP contribution in [-0.2, 0) is 11.2 Å². The molecule has 5 rings (SSSR count). The molecule has 2 aromatic heterocycles. The second-order valence-electron chi connectivity index (χ2n) is 10.5. The van der Waals surface area contributed by atoms with Crippen molar-refractivity contribution in [1.29, 1.82) is 0 Å². The molecule has 0 spiro atoms. The number of hydrogen-bond donors (Lipinski definition) is 2. The van der Waals surface area contributed by atoms with Crippen molar-refractivity contribution < 1.29 is 14.7 Å². The minimum absolute atomic E-state index is 0.0261. The fourth-order valence-corrected chi connectivity index (χ4v) is 7.85. The molecule has 2 aliphatic carbocycles. The standard InChI is InChI=1S/C25H33N5O3S/c1-14(23(33)30-10-4-5-11-30)16-6-7-25(3)12-18-20(15(2)19(25)21(16)31)28-24(34-18)29-22(32)17-13-26-8-9-27-17/h8-9,13-16,19,21,31H,4-7,10-12H2,1-3H3,(H,28,29,32)/t14-,15-,16+,19+,21-,25+/m0/s1. The summed E-state index contributed by atoms with van der Waals surface area (Å²) in [5.41, 5.74) is 1.15. The highest BCUT2D eigenvalue weighted by atomic mass is 32.1. The molecule has 1 saturated carbocycles. The monoisotopic (exact) mass is 483 g/mol. The Kier molecular flexibility index (Phi) is 6.18. The third-order valence-corrected chi connectivity index (χ3v) is 9.37. The minimum atomic E-state index is -0.553. The van der Waals surface area contributed by atoms with Gasteiger partial charge in [-0.1, -0.05) is 20.8 Å². The van der Waals surface area contributed by atoms with Crippen LogP contribution < -0.4 is 5.32 Å². The summed E-state index contributed by atoms with van der Waals surface area (Å²) in [5, 5.41) is 15.0. The van der Waals surface area contributed by atoms with Gasteiger partial charge in [0, 0.05) is 42.2 Å². The van der Waals surface area contributed by atoms with Gasteiger partial charge in [0.25, 0.3) is 5.91 Å². The van der Waals surface area contributed by atoms with Crippen LogP contribution in [0.15, 0.2) is 18.6 Å². The Morgan fingerprint density at radius 1 is 1.29 bits per heavy atom. The van der Waals surface area contributed by atoms with E-state index in [2.05, 4.69) is 29.1 Å². The molecule has 3 aliphatic rings. The first-order valence-corrected chi connectivity index (χ1v) is 13.1. The molecular weight excluding hydrogens is 450 g/mol. The lowest BCUT2D eigenvalue weighted by Gasteiger charge is -2.53. The summed E-state index contributed by atoms with van der Waals surface area (Å²) in [6.45, 7) is 8.08. The number of hydrogen-bond acceptors (Lipinski definition) is 7. The summed E-state index contributed by atoms with van der Waals surface area (Å²) in [6, 6.07) is 0. The van der Waals surface area contributed by atoms with Crippen LogP contribution in [0.3, 0.4) is 0 Å². The predicted octanol–water partition coefficient (Wildman–Crippen LogP) is 3.50. The Balaban J connectivity index is 1.35. The van der Waals surface area contributed by atoms with Crippen LogP contribution in [0.4, 0.5) is 5.13 Å². The summed E-state index contributed by atoms with van der Waals surface area (Å²) in [4.78, 5) is 41.6. The molecule has 182 valence electrons. The van der Waals surface area contributed by atoms with E-state index in [4.69, 9.17) is 4.98 Å². The molecule has 0 radical (unpaired) electrons. The normalized spacial score (nSPS) is 31.5. The highest BCUT2D eigenvalue weighted by molar-refractivity contribution is 7.15. The van der Waals surface area contributed by atoms with Gasteiger partial charge < -0.3 is 10.0 Å². The second kappa shape index (κ2) is 9.00. The van der Waals surface area contributed by atoms with Gasteiger partial charge in [0.2, 0.25) is 5.91 Å². The van der Waals surface area contributed by atoms with Crippen molar-refractivity contribution in [3.8, 4) is 0 Å². The van der Waals surface area contributed by atoms with Gasteiger partial charge in [-0.15, -0.1) is 11.3 Å². The van der Waals surface area contributed by atoms with E-state index in [-0.39, 0.29) is 46.6 Å². The highest BCUT2D eigenvalue weighted by Crippen LogP contribution is 2.57. The Labute approximate surface area is 204 Å². The molecule has 1 aliphatic heterocycles. The molecule has 34 heavy (non-hydrogen) atoms. The molecule has 1 saturated heterocycles. The van der Waals surface area contributed by atoms with Gasteiger partial charge >= 0.3 is 0 Å². The number of thiazole rings is 1. The first-order valence-electron chi connectivity index (χ1n) is 12.3. The molecule has 2 aromatic rings. The van der Waals surface area contributed by atoms with Crippen LogP contribution in [0.5, 0.6) is 0 Å². The Hall–Kier alpha value is -2.39. The average Bonchev–Trinajstić information content (AvgIpc) is 3.49. The molecule has 0 unspecified atom stereocenters. The van der Waals surface area contributed by atoms with Crippen LogP contribution >= 0.6 is 11.3 Å². The first kappa shape index (κ1) is 23.4. The summed E-state index contributed by atoms with van der Waals surface area (Å²) in [6.07, 6.45) is 8.70. The van der Waals surface area contributed by atoms with E-state index < -0.39 is 6.10 Å². The van der Waals surface area contributed by atoms with Crippen LogP contribution in [0, 0.1) is 23.2 Å². The van der Waals surface area contributed by atoms with E-state index in [1.165, 1.54) is 34.8 Å². The molecular formula is C25H33N5O3S. The fourth-order valence-electron chi connectivity index (χ4n) is 6.59. The van der Waals surface area contributed by atoms with Crippen LogP contribution in [0.25, 0.3) is 0 Å². The third kappa shape index (κ3) is 4.02. The van der Waals surface area contributed by atoms with E-state index in [0.717, 1.165) is 50.9 Å². The molecule has 8 nitrogen and oxygen atoms in total. The number of aliphatic hydroxyl groups is 1. The number of aromatic nitrogens is 3. The van der Waals surface area contributed by atoms with Crippen molar-refractivity contribution in [1.82, 2.24) is 19.9 Å². The molecule has 2 N–H and O–H groups in total. The van der Waals surface area contributed by atoms with Crippen LogP contribution in [0.2, 0.25) is 0 Å². The number of amides is 2. The quantitative estimate of drug-likeness (QED) is 0.689. The van der Waals surface area contributed by atoms with Gasteiger partial charge in [-0.3, -0.25) is 19.9 Å². The van der Waals surface area contributed by atoms with E-state index >= 15 is 0 Å². The molecule has 0 aromatic carbocycles. The summed E-state index contributed by atoms with van der Waals surface area (Å²) < 4.78 is 0. The lowest BCUT2D eigenvalue weighted by molar-refractivity contribution is -0.143. The van der Waals surface area contributed by atoms with E-state index in [1.54, 1.807) is 0 Å². The van der Waals surface area contributed by atoms with Crippen molar-refractivity contribution >= 4 is 28.3 Å². The molecule has 2 fully saturated rings. The van der Waals surface area contributed by atoms with Gasteiger partial charge in [-0.25, -0.2) is 9.97 Å². The highest BCUT2D eigenvalue weighted by Gasteiger charge is 2.54. The zero-order valence-electron chi connectivity index (χ0n) is 20.0. The van der Waals surface area contributed by atoms with Crippen molar-refractivity contribution in [2.45, 2.75) is 64.9 Å². The Morgan fingerprint density at radius 2 is 2.06 bits per heavy atom. The minimum Gasteiger partial charge on any atom is -0.392 e. The maximum Gasteiger partial charge on any atom is 0.277 e. The SMILES string of the molecule is C[C@H](C(=O)N1CCCC1)[C@H]1CC[C@]2(C)Cc3sc(NC(=O)c4cnccn4)nc3[C@@H](C)[C@@H]2[C@H]1O. The Morgan fingerprint density at radius 3 is 2.76 bits per heavy atom. The number of nitrogens with zero attached hydrogens (tertiary/aromatic N) is 4. The number of likely N-dealkylation sites (tertiary alicyclic amines) is 1. The smallest absolute Gasteiger partial charge is 0.277 e. The maximum atomic E-state index is 13.1. The molecule has 3 heterocycles. The molecule has 0 bridgehead atoms. The number of carbonyl (C=O) groups is 2. The number of fused-ring (bicyclic) bond motifs is 2. The van der Waals surface area contributed by atoms with Crippen molar-refractivity contribution in [3.05, 3.63) is 34.9 Å². The molecule has 2 amide bonds. The van der Waals surface area contributed by atoms with E-state index in [1.807, 2.05) is 11.8 Å². The van der Waals surface area contributed by atoms with Crippen molar-refractivity contribution in [2.75, 3.05) is 18.4 Å². The molecule has 9 heteroatoms. The average molecular weight is 484 g/mol. The third-order valence-electron chi connectivity index (χ3n) is 8.39. The van der Waals surface area contributed by atoms with Gasteiger partial charge in [-0.05, 0) is 49.4 Å². The largest absolute Gasteiger partial charge is 0.392 e. The van der Waals surface area contributed by atoms with E-state index in [0.29, 0.717) is 5.13 Å². The first-order chi connectivity index (χ1) is 16.3. The van der Waals surface area contributed by atoms with Gasteiger partial charge in [0.15, 0.2) is 5.13 Å². The number of nitrogens with one attached hydrogen (secondary N) is 1. The van der Waals surface area contributed by atoms with Crippen LogP contribution in [-0.4, -0.2) is 56.0 Å². The number of anilines is 1. The number of aliphatic hydroxyl groups excluding tert-OH is 1. The van der Waals surface area contributed by atoms with Gasteiger partial charge in [0.1, 0.15) is 5.69 Å². The van der Waals surface area contributed by atoms with Gasteiger partial charge in [-0.2, -0.15) is 0 Å². The molecule has 6 atom stereocenters. The summed E-state index contributed by atoms with van der Waals surface area (Å²) in [7, 11) is 0. The topological polar surface area (TPSA) is 108 Å². The predicted molar refractivity (Wildman–Crippen MR) is 130 cm³/mol. The van der Waals surface area contributed by atoms with Crippen LogP contribution in [0.1, 0.15) is 73.4 Å². The maximum absolute atomic E-state index is 13.1. The number of rotatable bonds is 4. The summed E-state index contributed by atoms with van der Waals surface area (Å²) in [5.74, 6) is -0.285. The van der Waals surface area contributed by atoms with Crippen molar-refractivity contribution in [3.63, 3.8) is 0 Å². The zero-order valence-corrected chi connectivity index (χ0v) is 20.8. The zero-order chi connectivity index (χ0) is 24.0. The van der Waals surface area contributed by atoms with E-state index in [9.17, 15) is 14.7 Å². The lowest BCUT2D eigenvalue weighted by Crippen LogP contribution is -2.53. The summed E-state index contributed by atoms with van der Waals surface area (Å²) >= 11 is 1.51. The fraction of sp³-hybridized carbons (Fsp3) is 0.640. The van der Waals surface area contributed by atoms with Gasteiger partial charge in [0.05, 0.1) is 18.0 Å². The van der Waals surface area contributed by atoms with Crippen molar-refractivity contribution in [2.24, 2.45) is 23.2 Å².